The molecule has 0 aromatic heterocycles. The number of rotatable bonds is 9. The van der Waals surface area contributed by atoms with Gasteiger partial charge in [0.15, 0.2) is 0 Å². The summed E-state index contributed by atoms with van der Waals surface area (Å²) in [5.41, 5.74) is 4.71. The van der Waals surface area contributed by atoms with E-state index in [0.717, 1.165) is 12.8 Å². The molecule has 0 saturated heterocycles. The van der Waals surface area contributed by atoms with Gasteiger partial charge in [0.25, 0.3) is 0 Å². The normalized spacial score (nSPS) is 19.8. The van der Waals surface area contributed by atoms with Crippen molar-refractivity contribution >= 4 is 18.0 Å². The van der Waals surface area contributed by atoms with Gasteiger partial charge in [-0.15, -0.1) is 0 Å². The van der Waals surface area contributed by atoms with E-state index >= 15 is 0 Å². The molecule has 2 aliphatic rings. The van der Waals surface area contributed by atoms with Crippen LogP contribution in [0.2, 0.25) is 0 Å². The average Bonchev–Trinajstić information content (AvgIpc) is 3.16. The van der Waals surface area contributed by atoms with Crippen molar-refractivity contribution in [2.24, 2.45) is 5.92 Å². The molecule has 2 amide bonds. The Kier molecular flexibility index (Phi) is 8.06. The standard InChI is InChI=1S/C28H34N2O5/c1-18(9-8-16-26(31)30-25-15-7-6-14-23(25)27(32)33)29-28(34)35-17-24-21-12-4-2-10-19(21)20-11-3-5-13-22(20)24/h2-5,10-13,18,23-25H,6-9,14-17H2,1H3,(H,29,34)(H,30,31)(H,32,33)/t18?,23-,25+/m0/s1. The van der Waals surface area contributed by atoms with E-state index in [1.807, 2.05) is 31.2 Å². The highest BCUT2D eigenvalue weighted by atomic mass is 16.5. The second kappa shape index (κ2) is 11.4. The number of aliphatic carboxylic acids is 1. The molecule has 0 spiro atoms. The molecule has 1 unspecified atom stereocenters. The number of benzene rings is 2. The Bertz CT molecular complexity index is 1020. The molecule has 35 heavy (non-hydrogen) atoms. The number of carbonyl (C=O) groups excluding carboxylic acids is 2. The maximum atomic E-state index is 12.4. The second-order valence-corrected chi connectivity index (χ2v) is 9.67. The first-order chi connectivity index (χ1) is 16.9. The van der Waals surface area contributed by atoms with Crippen LogP contribution in [0, 0.1) is 5.92 Å². The molecular weight excluding hydrogens is 444 g/mol. The zero-order valence-electron chi connectivity index (χ0n) is 20.2. The summed E-state index contributed by atoms with van der Waals surface area (Å²) >= 11 is 0. The number of hydrogen-bond donors (Lipinski definition) is 3. The van der Waals surface area contributed by atoms with E-state index in [4.69, 9.17) is 4.74 Å². The first kappa shape index (κ1) is 24.8. The van der Waals surface area contributed by atoms with Crippen LogP contribution in [-0.4, -0.2) is 41.8 Å². The van der Waals surface area contributed by atoms with Crippen LogP contribution in [0.3, 0.4) is 0 Å². The molecule has 2 aliphatic carbocycles. The maximum Gasteiger partial charge on any atom is 0.407 e. The van der Waals surface area contributed by atoms with Gasteiger partial charge in [-0.1, -0.05) is 61.4 Å². The lowest BCUT2D eigenvalue weighted by atomic mass is 9.84. The van der Waals surface area contributed by atoms with E-state index in [9.17, 15) is 19.5 Å². The molecule has 7 nitrogen and oxygen atoms in total. The van der Waals surface area contributed by atoms with Crippen molar-refractivity contribution in [2.45, 2.75) is 69.9 Å². The van der Waals surface area contributed by atoms with Crippen LogP contribution in [-0.2, 0) is 14.3 Å². The molecule has 4 rings (SSSR count). The lowest BCUT2D eigenvalue weighted by molar-refractivity contribution is -0.144. The van der Waals surface area contributed by atoms with E-state index in [-0.39, 0.29) is 30.5 Å². The number of carboxylic acids is 1. The third-order valence-electron chi connectivity index (χ3n) is 7.18. The topological polar surface area (TPSA) is 105 Å². The number of amides is 2. The molecule has 3 N–H and O–H groups in total. The van der Waals surface area contributed by atoms with Crippen molar-refractivity contribution in [2.75, 3.05) is 6.61 Å². The quantitative estimate of drug-likeness (QED) is 0.478. The van der Waals surface area contributed by atoms with Gasteiger partial charge >= 0.3 is 12.1 Å². The molecule has 3 atom stereocenters. The molecule has 2 aromatic carbocycles. The minimum absolute atomic E-state index is 0.0153. The lowest BCUT2D eigenvalue weighted by Gasteiger charge is -2.29. The third kappa shape index (κ3) is 6.02. The van der Waals surface area contributed by atoms with Crippen molar-refractivity contribution in [1.82, 2.24) is 10.6 Å². The van der Waals surface area contributed by atoms with Gasteiger partial charge in [-0.2, -0.15) is 0 Å². The van der Waals surface area contributed by atoms with Crippen molar-refractivity contribution in [1.29, 1.82) is 0 Å². The molecule has 0 bridgehead atoms. The molecule has 186 valence electrons. The van der Waals surface area contributed by atoms with Crippen molar-refractivity contribution in [3.8, 4) is 11.1 Å². The smallest absolute Gasteiger partial charge is 0.407 e. The lowest BCUT2D eigenvalue weighted by Crippen LogP contribution is -2.45. The van der Waals surface area contributed by atoms with Gasteiger partial charge in [0.05, 0.1) is 5.92 Å². The van der Waals surface area contributed by atoms with Gasteiger partial charge < -0.3 is 20.5 Å². The summed E-state index contributed by atoms with van der Waals surface area (Å²) in [5, 5.41) is 15.1. The third-order valence-corrected chi connectivity index (χ3v) is 7.18. The number of nitrogens with one attached hydrogen (secondary N) is 2. The second-order valence-electron chi connectivity index (χ2n) is 9.67. The summed E-state index contributed by atoms with van der Waals surface area (Å²) < 4.78 is 5.59. The zero-order valence-corrected chi connectivity index (χ0v) is 20.2. The van der Waals surface area contributed by atoms with Gasteiger partial charge in [-0.3, -0.25) is 9.59 Å². The van der Waals surface area contributed by atoms with Crippen molar-refractivity contribution in [3.05, 3.63) is 59.7 Å². The molecule has 0 radical (unpaired) electrons. The molecule has 7 heteroatoms. The Labute approximate surface area is 206 Å². The number of fused-ring (bicyclic) bond motifs is 3. The van der Waals surface area contributed by atoms with Crippen LogP contribution in [0.15, 0.2) is 48.5 Å². The highest BCUT2D eigenvalue weighted by molar-refractivity contribution is 5.79. The first-order valence-corrected chi connectivity index (χ1v) is 12.6. The van der Waals surface area contributed by atoms with Crippen LogP contribution in [0.5, 0.6) is 0 Å². The summed E-state index contributed by atoms with van der Waals surface area (Å²) in [6.45, 7) is 2.15. The van der Waals surface area contributed by atoms with Crippen LogP contribution in [0.25, 0.3) is 11.1 Å². The van der Waals surface area contributed by atoms with Crippen LogP contribution < -0.4 is 10.6 Å². The van der Waals surface area contributed by atoms with Crippen molar-refractivity contribution in [3.63, 3.8) is 0 Å². The van der Waals surface area contributed by atoms with E-state index in [2.05, 4.69) is 34.9 Å². The van der Waals surface area contributed by atoms with Gasteiger partial charge in [0.1, 0.15) is 6.61 Å². The van der Waals surface area contributed by atoms with Crippen molar-refractivity contribution < 1.29 is 24.2 Å². The fourth-order valence-electron chi connectivity index (χ4n) is 5.36. The van der Waals surface area contributed by atoms with E-state index in [0.29, 0.717) is 32.1 Å². The molecule has 1 saturated carbocycles. The highest BCUT2D eigenvalue weighted by Gasteiger charge is 2.32. The minimum atomic E-state index is -0.837. The number of carboxylic acid groups (broad SMARTS) is 1. The monoisotopic (exact) mass is 478 g/mol. The average molecular weight is 479 g/mol. The van der Waals surface area contributed by atoms with Gasteiger partial charge in [-0.25, -0.2) is 4.79 Å². The fraction of sp³-hybridized carbons (Fsp3) is 0.464. The largest absolute Gasteiger partial charge is 0.481 e. The van der Waals surface area contributed by atoms with E-state index in [1.165, 1.54) is 22.3 Å². The van der Waals surface area contributed by atoms with Gasteiger partial charge in [0, 0.05) is 24.4 Å². The fourth-order valence-corrected chi connectivity index (χ4v) is 5.36. The molecule has 1 fully saturated rings. The predicted molar refractivity (Wildman–Crippen MR) is 133 cm³/mol. The number of carbonyl (C=O) groups is 3. The first-order valence-electron chi connectivity index (χ1n) is 12.6. The minimum Gasteiger partial charge on any atom is -0.481 e. The van der Waals surface area contributed by atoms with Crippen LogP contribution in [0.1, 0.15) is 68.9 Å². The zero-order chi connectivity index (χ0) is 24.8. The number of hydrogen-bond acceptors (Lipinski definition) is 4. The summed E-state index contributed by atoms with van der Waals surface area (Å²) in [4.78, 5) is 36.2. The summed E-state index contributed by atoms with van der Waals surface area (Å²) in [6, 6.07) is 16.0. The van der Waals surface area contributed by atoms with Gasteiger partial charge in [0.2, 0.25) is 5.91 Å². The Hall–Kier alpha value is -3.35. The molecule has 0 aliphatic heterocycles. The molecular formula is C28H34N2O5. The Morgan fingerprint density at radius 1 is 1.00 bits per heavy atom. The summed E-state index contributed by atoms with van der Waals surface area (Å²) in [5.74, 6) is -1.45. The number of ether oxygens (including phenoxy) is 1. The Balaban J connectivity index is 1.19. The maximum absolute atomic E-state index is 12.4. The number of alkyl carbamates (subject to hydrolysis) is 1. The molecule has 2 aromatic rings. The van der Waals surface area contributed by atoms with E-state index < -0.39 is 18.0 Å². The van der Waals surface area contributed by atoms with Crippen LogP contribution in [0.4, 0.5) is 4.79 Å². The SMILES string of the molecule is CC(CCCC(=O)N[C@@H]1CCCC[C@@H]1C(=O)O)NC(=O)OCC1c2ccccc2-c2ccccc21. The summed E-state index contributed by atoms with van der Waals surface area (Å²) in [7, 11) is 0. The molecule has 0 heterocycles. The van der Waals surface area contributed by atoms with E-state index in [1.54, 1.807) is 0 Å². The summed E-state index contributed by atoms with van der Waals surface area (Å²) in [6.07, 6.45) is 4.23. The Morgan fingerprint density at radius 3 is 2.29 bits per heavy atom. The predicted octanol–water partition coefficient (Wildman–Crippen LogP) is 4.84. The van der Waals surface area contributed by atoms with Crippen LogP contribution >= 0.6 is 0 Å². The van der Waals surface area contributed by atoms with Gasteiger partial charge in [-0.05, 0) is 54.9 Å². The highest BCUT2D eigenvalue weighted by Crippen LogP contribution is 2.44. The Morgan fingerprint density at radius 2 is 1.63 bits per heavy atom.